The highest BCUT2D eigenvalue weighted by Gasteiger charge is 2.19. The van der Waals surface area contributed by atoms with Gasteiger partial charge in [-0.3, -0.25) is 4.79 Å². The van der Waals surface area contributed by atoms with E-state index in [1.165, 1.54) is 11.3 Å². The molecule has 0 unspecified atom stereocenters. The van der Waals surface area contributed by atoms with Crippen molar-refractivity contribution >= 4 is 68.3 Å². The Morgan fingerprint density at radius 2 is 1.96 bits per heavy atom. The van der Waals surface area contributed by atoms with E-state index in [4.69, 9.17) is 39.5 Å². The highest BCUT2D eigenvalue weighted by molar-refractivity contribution is 7.21. The molecule has 8 heteroatoms. The number of hydrazone groups is 1. The van der Waals surface area contributed by atoms with Crippen LogP contribution in [0.25, 0.3) is 10.1 Å². The average Bonchev–Trinajstić information content (AvgIpc) is 2.93. The summed E-state index contributed by atoms with van der Waals surface area (Å²) in [4.78, 5) is 12.7. The maximum atomic E-state index is 12.4. The predicted molar refractivity (Wildman–Crippen MR) is 110 cm³/mol. The van der Waals surface area contributed by atoms with Crippen LogP contribution in [0.15, 0.2) is 41.5 Å². The Kier molecular flexibility index (Phi) is 6.04. The lowest BCUT2D eigenvalue weighted by molar-refractivity contribution is 0.0959. The number of benzene rings is 2. The molecule has 0 radical (unpaired) electrons. The topological polar surface area (TPSA) is 50.7 Å². The van der Waals surface area contributed by atoms with Gasteiger partial charge in [0.1, 0.15) is 10.6 Å². The molecule has 3 rings (SSSR count). The number of rotatable bonds is 5. The van der Waals surface area contributed by atoms with Crippen molar-refractivity contribution in [3.05, 3.63) is 61.9 Å². The molecule has 2 aromatic carbocycles. The van der Waals surface area contributed by atoms with Crippen LogP contribution in [0.1, 0.15) is 22.2 Å². The van der Waals surface area contributed by atoms with Crippen LogP contribution in [0.3, 0.4) is 0 Å². The summed E-state index contributed by atoms with van der Waals surface area (Å²) in [6, 6.07) is 10.7. The summed E-state index contributed by atoms with van der Waals surface area (Å²) in [5.74, 6) is 0.367. The summed E-state index contributed by atoms with van der Waals surface area (Å²) >= 11 is 19.7. The fourth-order valence-corrected chi connectivity index (χ4v) is 4.56. The Labute approximate surface area is 169 Å². The van der Waals surface area contributed by atoms with Gasteiger partial charge in [0.2, 0.25) is 0 Å². The van der Waals surface area contributed by atoms with Crippen LogP contribution in [0.5, 0.6) is 5.75 Å². The van der Waals surface area contributed by atoms with Crippen LogP contribution in [-0.4, -0.2) is 18.7 Å². The summed E-state index contributed by atoms with van der Waals surface area (Å²) in [6.07, 6.45) is 1.54. The molecule has 1 amide bonds. The van der Waals surface area contributed by atoms with Crippen molar-refractivity contribution in [2.75, 3.05) is 6.61 Å². The second-order valence-corrected chi connectivity index (χ2v) is 7.48. The van der Waals surface area contributed by atoms with Crippen LogP contribution in [0, 0.1) is 0 Å². The smallest absolute Gasteiger partial charge is 0.283 e. The number of hydrogen-bond acceptors (Lipinski definition) is 4. The molecule has 1 N–H and O–H groups in total. The standard InChI is InChI=1S/C18H13Cl3N2O2S/c1-2-25-12-5-3-10(4-6-12)9-22-23-18(24)17-16(21)15-13(20)7-11(19)8-14(15)26-17/h3-9H,2H2,1H3,(H,23,24)/b22-9+. The lowest BCUT2D eigenvalue weighted by Crippen LogP contribution is -2.16. The molecule has 0 saturated heterocycles. The Balaban J connectivity index is 1.75. The van der Waals surface area contributed by atoms with Gasteiger partial charge in [0, 0.05) is 15.1 Å². The first kappa shape index (κ1) is 19.0. The van der Waals surface area contributed by atoms with Gasteiger partial charge in [-0.15, -0.1) is 11.3 Å². The van der Waals surface area contributed by atoms with Gasteiger partial charge in [0.15, 0.2) is 0 Å². The number of fused-ring (bicyclic) bond motifs is 1. The van der Waals surface area contributed by atoms with E-state index in [1.807, 2.05) is 31.2 Å². The van der Waals surface area contributed by atoms with Crippen LogP contribution < -0.4 is 10.2 Å². The van der Waals surface area contributed by atoms with E-state index in [-0.39, 0.29) is 0 Å². The summed E-state index contributed by atoms with van der Waals surface area (Å²) in [7, 11) is 0. The minimum Gasteiger partial charge on any atom is -0.494 e. The number of carbonyl (C=O) groups is 1. The molecule has 0 saturated carbocycles. The van der Waals surface area contributed by atoms with Crippen molar-refractivity contribution in [3.8, 4) is 5.75 Å². The molecular weight excluding hydrogens is 415 g/mol. The summed E-state index contributed by atoms with van der Waals surface area (Å²) in [5.41, 5.74) is 3.30. The molecule has 26 heavy (non-hydrogen) atoms. The second-order valence-electron chi connectivity index (χ2n) is 5.21. The van der Waals surface area contributed by atoms with Gasteiger partial charge in [-0.2, -0.15) is 5.10 Å². The third-order valence-corrected chi connectivity index (χ3v) is 5.57. The van der Waals surface area contributed by atoms with Crippen molar-refractivity contribution in [3.63, 3.8) is 0 Å². The number of halogens is 3. The lowest BCUT2D eigenvalue weighted by Gasteiger charge is -2.02. The van der Waals surface area contributed by atoms with Crippen LogP contribution in [0.2, 0.25) is 15.1 Å². The molecule has 0 fully saturated rings. The predicted octanol–water partition coefficient (Wildman–Crippen LogP) is 6.02. The molecular formula is C18H13Cl3N2O2S. The fraction of sp³-hybridized carbons (Fsp3) is 0.111. The monoisotopic (exact) mass is 426 g/mol. The zero-order valence-electron chi connectivity index (χ0n) is 13.6. The minimum absolute atomic E-state index is 0.292. The lowest BCUT2D eigenvalue weighted by atomic mass is 10.2. The van der Waals surface area contributed by atoms with Crippen LogP contribution in [-0.2, 0) is 0 Å². The quantitative estimate of drug-likeness (QED) is 0.399. The Bertz CT molecular complexity index is 984. The number of amides is 1. The van der Waals surface area contributed by atoms with E-state index in [2.05, 4.69) is 10.5 Å². The largest absolute Gasteiger partial charge is 0.494 e. The normalized spacial score (nSPS) is 11.2. The number of thiophene rings is 1. The van der Waals surface area contributed by atoms with Gasteiger partial charge < -0.3 is 4.74 Å². The first-order chi connectivity index (χ1) is 12.5. The zero-order chi connectivity index (χ0) is 18.7. The molecule has 1 aromatic heterocycles. The van der Waals surface area contributed by atoms with Crippen molar-refractivity contribution in [1.82, 2.24) is 5.43 Å². The van der Waals surface area contributed by atoms with E-state index >= 15 is 0 Å². The third-order valence-electron chi connectivity index (χ3n) is 3.43. The summed E-state index contributed by atoms with van der Waals surface area (Å²) < 4.78 is 6.12. The first-order valence-electron chi connectivity index (χ1n) is 7.63. The SMILES string of the molecule is CCOc1ccc(/C=N/NC(=O)c2sc3cc(Cl)cc(Cl)c3c2Cl)cc1. The molecule has 0 aliphatic heterocycles. The molecule has 0 aliphatic rings. The maximum Gasteiger partial charge on any atom is 0.283 e. The van der Waals surface area contributed by atoms with E-state index < -0.39 is 5.91 Å². The van der Waals surface area contributed by atoms with Crippen LogP contribution in [0.4, 0.5) is 0 Å². The van der Waals surface area contributed by atoms with Crippen LogP contribution >= 0.6 is 46.1 Å². The Morgan fingerprint density at radius 3 is 2.65 bits per heavy atom. The van der Waals surface area contributed by atoms with Gasteiger partial charge in [-0.05, 0) is 48.9 Å². The Hall–Kier alpha value is -1.79. The van der Waals surface area contributed by atoms with E-state index in [1.54, 1.807) is 18.3 Å². The fourth-order valence-electron chi connectivity index (χ4n) is 2.29. The van der Waals surface area contributed by atoms with Crippen molar-refractivity contribution in [2.45, 2.75) is 6.92 Å². The van der Waals surface area contributed by atoms with E-state index in [0.29, 0.717) is 31.9 Å². The number of nitrogens with one attached hydrogen (secondary N) is 1. The number of carbonyl (C=O) groups excluding carboxylic acids is 1. The van der Waals surface area contributed by atoms with E-state index in [9.17, 15) is 4.79 Å². The third kappa shape index (κ3) is 4.13. The molecule has 0 bridgehead atoms. The molecule has 0 aliphatic carbocycles. The molecule has 3 aromatic rings. The average molecular weight is 428 g/mol. The molecule has 4 nitrogen and oxygen atoms in total. The van der Waals surface area contributed by atoms with E-state index in [0.717, 1.165) is 16.0 Å². The maximum absolute atomic E-state index is 12.4. The summed E-state index contributed by atoms with van der Waals surface area (Å²) in [5, 5.41) is 5.77. The minimum atomic E-state index is -0.412. The second kappa shape index (κ2) is 8.27. The van der Waals surface area contributed by atoms with Gasteiger partial charge in [0.25, 0.3) is 5.91 Å². The highest BCUT2D eigenvalue weighted by Crippen LogP contribution is 2.41. The molecule has 0 atom stereocenters. The van der Waals surface area contributed by atoms with Crippen molar-refractivity contribution in [1.29, 1.82) is 0 Å². The van der Waals surface area contributed by atoms with Gasteiger partial charge in [-0.25, -0.2) is 5.43 Å². The van der Waals surface area contributed by atoms with Gasteiger partial charge >= 0.3 is 0 Å². The molecule has 1 heterocycles. The van der Waals surface area contributed by atoms with Crippen molar-refractivity contribution < 1.29 is 9.53 Å². The Morgan fingerprint density at radius 1 is 1.23 bits per heavy atom. The van der Waals surface area contributed by atoms with Gasteiger partial charge in [-0.1, -0.05) is 34.8 Å². The van der Waals surface area contributed by atoms with Gasteiger partial charge in [0.05, 0.1) is 22.9 Å². The highest BCUT2D eigenvalue weighted by atomic mass is 35.5. The summed E-state index contributed by atoms with van der Waals surface area (Å²) in [6.45, 7) is 2.53. The molecule has 0 spiro atoms. The van der Waals surface area contributed by atoms with Crippen molar-refractivity contribution in [2.24, 2.45) is 5.10 Å². The zero-order valence-corrected chi connectivity index (χ0v) is 16.6. The first-order valence-corrected chi connectivity index (χ1v) is 9.58. The number of ether oxygens (including phenoxy) is 1. The molecule has 134 valence electrons. The number of nitrogens with zero attached hydrogens (tertiary/aromatic N) is 1. The number of hydrogen-bond donors (Lipinski definition) is 1.